The molecule has 2 aromatic rings. The highest BCUT2D eigenvalue weighted by atomic mass is 16.5. The van der Waals surface area contributed by atoms with Crippen molar-refractivity contribution < 1.29 is 14.1 Å². The zero-order chi connectivity index (χ0) is 17.2. The van der Waals surface area contributed by atoms with Crippen molar-refractivity contribution in [3.05, 3.63) is 41.5 Å². The van der Waals surface area contributed by atoms with E-state index in [0.29, 0.717) is 31.2 Å². The maximum absolute atomic E-state index is 12.3. The number of hydrogen-bond donors (Lipinski definition) is 1. The highest BCUT2D eigenvalue weighted by molar-refractivity contribution is 5.76. The van der Waals surface area contributed by atoms with Crippen LogP contribution in [-0.2, 0) is 16.6 Å². The topological polar surface area (TPSA) is 77.2 Å². The van der Waals surface area contributed by atoms with Gasteiger partial charge in [0.25, 0.3) is 0 Å². The predicted octanol–water partition coefficient (Wildman–Crippen LogP) is 2.94. The molecular formula is C18H23N3O3. The van der Waals surface area contributed by atoms with E-state index in [1.807, 2.05) is 45.0 Å². The van der Waals surface area contributed by atoms with E-state index < -0.39 is 0 Å². The number of carbonyl (C=O) groups is 1. The molecule has 1 aromatic carbocycles. The second-order valence-electron chi connectivity index (χ2n) is 7.06. The van der Waals surface area contributed by atoms with Crippen LogP contribution in [0.25, 0.3) is 0 Å². The molecule has 1 aliphatic heterocycles. The number of fused-ring (bicyclic) bond motifs is 1. The maximum atomic E-state index is 12.3. The monoisotopic (exact) mass is 329 g/mol. The van der Waals surface area contributed by atoms with Crippen molar-refractivity contribution >= 4 is 5.91 Å². The number of rotatable bonds is 4. The van der Waals surface area contributed by atoms with Crippen LogP contribution in [0.5, 0.6) is 5.75 Å². The molecule has 1 aliphatic rings. The molecule has 1 amide bonds. The lowest BCUT2D eigenvalue weighted by Gasteiger charge is -2.26. The summed E-state index contributed by atoms with van der Waals surface area (Å²) in [6, 6.07) is 7.81. The average Bonchev–Trinajstić information content (AvgIpc) is 3.03. The third-order valence-corrected chi connectivity index (χ3v) is 4.00. The van der Waals surface area contributed by atoms with Gasteiger partial charge in [-0.3, -0.25) is 4.79 Å². The van der Waals surface area contributed by atoms with Gasteiger partial charge in [-0.25, -0.2) is 0 Å². The zero-order valence-electron chi connectivity index (χ0n) is 14.3. The molecule has 2 heterocycles. The van der Waals surface area contributed by atoms with E-state index in [1.54, 1.807) is 0 Å². The van der Waals surface area contributed by atoms with Crippen LogP contribution >= 0.6 is 0 Å². The van der Waals surface area contributed by atoms with Gasteiger partial charge >= 0.3 is 0 Å². The van der Waals surface area contributed by atoms with Crippen LogP contribution in [0.4, 0.5) is 0 Å². The molecule has 6 heteroatoms. The van der Waals surface area contributed by atoms with Gasteiger partial charge in [-0.05, 0) is 6.07 Å². The fourth-order valence-electron chi connectivity index (χ4n) is 2.64. The van der Waals surface area contributed by atoms with Gasteiger partial charge in [0.1, 0.15) is 5.75 Å². The number of aromatic nitrogens is 2. The van der Waals surface area contributed by atoms with E-state index in [1.165, 1.54) is 0 Å². The minimum absolute atomic E-state index is 0.00438. The Morgan fingerprint density at radius 1 is 1.33 bits per heavy atom. The Labute approximate surface area is 141 Å². The number of para-hydroxylation sites is 1. The molecular weight excluding hydrogens is 306 g/mol. The molecule has 1 unspecified atom stereocenters. The minimum atomic E-state index is -0.157. The van der Waals surface area contributed by atoms with Gasteiger partial charge in [0.15, 0.2) is 5.82 Å². The van der Waals surface area contributed by atoms with Gasteiger partial charge in [-0.15, -0.1) is 0 Å². The Hall–Kier alpha value is -2.37. The van der Waals surface area contributed by atoms with E-state index in [4.69, 9.17) is 9.26 Å². The summed E-state index contributed by atoms with van der Waals surface area (Å²) in [4.78, 5) is 16.6. The Morgan fingerprint density at radius 2 is 2.12 bits per heavy atom. The summed E-state index contributed by atoms with van der Waals surface area (Å²) >= 11 is 0. The molecule has 0 saturated heterocycles. The van der Waals surface area contributed by atoms with Crippen LogP contribution in [0.15, 0.2) is 28.8 Å². The first-order valence-corrected chi connectivity index (χ1v) is 8.27. The van der Waals surface area contributed by atoms with Crippen molar-refractivity contribution in [1.29, 1.82) is 0 Å². The summed E-state index contributed by atoms with van der Waals surface area (Å²) in [7, 11) is 0. The number of nitrogens with one attached hydrogen (secondary N) is 1. The smallest absolute Gasteiger partial charge is 0.227 e. The lowest BCUT2D eigenvalue weighted by atomic mass is 9.96. The molecule has 6 nitrogen and oxygen atoms in total. The normalized spacial score (nSPS) is 17.0. The van der Waals surface area contributed by atoms with Crippen LogP contribution in [-0.4, -0.2) is 22.7 Å². The summed E-state index contributed by atoms with van der Waals surface area (Å²) in [5, 5.41) is 7.05. The molecule has 1 aromatic heterocycles. The molecule has 0 aliphatic carbocycles. The van der Waals surface area contributed by atoms with Crippen molar-refractivity contribution in [2.24, 2.45) is 0 Å². The SMILES string of the molecule is CC(C)(C)c1noc(CCC(=O)NC2CCOc3ccccc32)n1. The second-order valence-corrected chi connectivity index (χ2v) is 7.06. The summed E-state index contributed by atoms with van der Waals surface area (Å²) in [6.07, 6.45) is 1.54. The van der Waals surface area contributed by atoms with E-state index in [0.717, 1.165) is 17.7 Å². The number of ether oxygens (including phenoxy) is 1. The number of amides is 1. The molecule has 24 heavy (non-hydrogen) atoms. The van der Waals surface area contributed by atoms with Gasteiger partial charge in [0, 0.05) is 30.2 Å². The summed E-state index contributed by atoms with van der Waals surface area (Å²) in [5.74, 6) is 1.99. The molecule has 1 atom stereocenters. The summed E-state index contributed by atoms with van der Waals surface area (Å²) in [6.45, 7) is 6.69. The summed E-state index contributed by atoms with van der Waals surface area (Å²) < 4.78 is 10.8. The summed E-state index contributed by atoms with van der Waals surface area (Å²) in [5.41, 5.74) is 0.875. The fraction of sp³-hybridized carbons (Fsp3) is 0.500. The molecule has 0 spiro atoms. The van der Waals surface area contributed by atoms with Crippen LogP contribution in [0.1, 0.15) is 56.9 Å². The average molecular weight is 329 g/mol. The van der Waals surface area contributed by atoms with Crippen molar-refractivity contribution in [2.45, 2.75) is 51.5 Å². The minimum Gasteiger partial charge on any atom is -0.493 e. The van der Waals surface area contributed by atoms with Crippen molar-refractivity contribution in [3.8, 4) is 5.75 Å². The van der Waals surface area contributed by atoms with Crippen molar-refractivity contribution in [2.75, 3.05) is 6.61 Å². The van der Waals surface area contributed by atoms with E-state index >= 15 is 0 Å². The molecule has 0 radical (unpaired) electrons. The molecule has 128 valence electrons. The third-order valence-electron chi connectivity index (χ3n) is 4.00. The molecule has 3 rings (SSSR count). The van der Waals surface area contributed by atoms with Crippen LogP contribution < -0.4 is 10.1 Å². The fourth-order valence-corrected chi connectivity index (χ4v) is 2.64. The maximum Gasteiger partial charge on any atom is 0.227 e. The molecule has 1 N–H and O–H groups in total. The van der Waals surface area contributed by atoms with Gasteiger partial charge in [0.05, 0.1) is 12.6 Å². The van der Waals surface area contributed by atoms with Gasteiger partial charge in [0.2, 0.25) is 11.8 Å². The number of nitrogens with zero attached hydrogens (tertiary/aromatic N) is 2. The predicted molar refractivity (Wildman–Crippen MR) is 88.8 cm³/mol. The Bertz CT molecular complexity index is 718. The molecule has 0 fully saturated rings. The standard InChI is InChI=1S/C18H23N3O3/c1-18(2,3)17-20-16(24-21-17)9-8-15(22)19-13-10-11-23-14-7-5-4-6-12(13)14/h4-7,13H,8-11H2,1-3H3,(H,19,22). The number of benzene rings is 1. The van der Waals surface area contributed by atoms with Crippen LogP contribution in [0.3, 0.4) is 0 Å². The first kappa shape index (κ1) is 16.5. The number of aryl methyl sites for hydroxylation is 1. The lowest BCUT2D eigenvalue weighted by Crippen LogP contribution is -2.32. The van der Waals surface area contributed by atoms with Crippen LogP contribution in [0.2, 0.25) is 0 Å². The first-order valence-electron chi connectivity index (χ1n) is 8.27. The Balaban J connectivity index is 1.56. The van der Waals surface area contributed by atoms with Crippen molar-refractivity contribution in [1.82, 2.24) is 15.5 Å². The number of carbonyl (C=O) groups excluding carboxylic acids is 1. The van der Waals surface area contributed by atoms with E-state index in [2.05, 4.69) is 15.5 Å². The quantitative estimate of drug-likeness (QED) is 0.933. The molecule has 0 bridgehead atoms. The largest absolute Gasteiger partial charge is 0.493 e. The van der Waals surface area contributed by atoms with E-state index in [9.17, 15) is 4.79 Å². The highest BCUT2D eigenvalue weighted by Gasteiger charge is 2.24. The highest BCUT2D eigenvalue weighted by Crippen LogP contribution is 2.31. The molecule has 0 saturated carbocycles. The number of hydrogen-bond acceptors (Lipinski definition) is 5. The third kappa shape index (κ3) is 3.75. The van der Waals surface area contributed by atoms with E-state index in [-0.39, 0.29) is 17.4 Å². The first-order chi connectivity index (χ1) is 11.4. The Morgan fingerprint density at radius 3 is 2.88 bits per heavy atom. The Kier molecular flexibility index (Phi) is 4.55. The van der Waals surface area contributed by atoms with Gasteiger partial charge < -0.3 is 14.6 Å². The van der Waals surface area contributed by atoms with Gasteiger partial charge in [-0.2, -0.15) is 4.98 Å². The van der Waals surface area contributed by atoms with Crippen LogP contribution in [0, 0.1) is 0 Å². The zero-order valence-corrected chi connectivity index (χ0v) is 14.3. The lowest BCUT2D eigenvalue weighted by molar-refractivity contribution is -0.122. The van der Waals surface area contributed by atoms with Crippen molar-refractivity contribution in [3.63, 3.8) is 0 Å². The van der Waals surface area contributed by atoms with Gasteiger partial charge in [-0.1, -0.05) is 44.1 Å². The second kappa shape index (κ2) is 6.63.